The Bertz CT molecular complexity index is 238. The Kier molecular flexibility index (Phi) is 15.0. The summed E-state index contributed by atoms with van der Waals surface area (Å²) in [5.41, 5.74) is 0. The lowest BCUT2D eigenvalue weighted by Crippen LogP contribution is -2.34. The fraction of sp³-hybridized carbons (Fsp3) is 0.941. The Morgan fingerprint density at radius 3 is 2.20 bits per heavy atom. The highest BCUT2D eigenvalue weighted by molar-refractivity contribution is 7.85. The Morgan fingerprint density at radius 1 is 1.10 bits per heavy atom. The summed E-state index contributed by atoms with van der Waals surface area (Å²) >= 11 is 3.09. The number of hydrogen-bond donors (Lipinski definition) is 1. The number of likely N-dealkylation sites (tertiary alicyclic amines) is 1. The molecule has 1 rings (SSSR count). The van der Waals surface area contributed by atoms with Gasteiger partial charge in [0.05, 0.1) is 0 Å². The Balaban J connectivity index is 0.00000110. The normalized spacial score (nSPS) is 19.0. The molecular formula is C17H34N2S. The minimum atomic E-state index is 0.942. The van der Waals surface area contributed by atoms with Crippen LogP contribution >= 0.6 is 12.6 Å². The van der Waals surface area contributed by atoms with E-state index in [-0.39, 0.29) is 0 Å². The topological polar surface area (TPSA) is 27.0 Å². The second-order valence-electron chi connectivity index (χ2n) is 6.12. The summed E-state index contributed by atoms with van der Waals surface area (Å²) in [6, 6.07) is 0. The van der Waals surface area contributed by atoms with Crippen molar-refractivity contribution in [3.63, 3.8) is 0 Å². The van der Waals surface area contributed by atoms with Gasteiger partial charge in [-0.1, -0.05) is 71.4 Å². The first kappa shape index (κ1) is 19.8. The molecule has 0 radical (unpaired) electrons. The minimum Gasteiger partial charge on any atom is -0.303 e. The molecule has 1 unspecified atom stereocenters. The zero-order valence-corrected chi connectivity index (χ0v) is 14.5. The average molecular weight is 299 g/mol. The second kappa shape index (κ2) is 15.2. The molecule has 0 N–H and O–H groups in total. The van der Waals surface area contributed by atoms with E-state index in [2.05, 4.69) is 31.4 Å². The van der Waals surface area contributed by atoms with Crippen molar-refractivity contribution >= 4 is 12.6 Å². The predicted molar refractivity (Wildman–Crippen MR) is 92.0 cm³/mol. The third-order valence-electron chi connectivity index (χ3n) is 4.07. The first-order chi connectivity index (χ1) is 9.74. The van der Waals surface area contributed by atoms with E-state index in [1.165, 1.54) is 89.2 Å². The van der Waals surface area contributed by atoms with E-state index in [9.17, 15) is 0 Å². The molecule has 2 nitrogen and oxygen atoms in total. The van der Waals surface area contributed by atoms with Crippen LogP contribution in [0.25, 0.3) is 0 Å². The molecule has 0 aliphatic carbocycles. The summed E-state index contributed by atoms with van der Waals surface area (Å²) in [5.74, 6) is 0.942. The van der Waals surface area contributed by atoms with Crippen molar-refractivity contribution < 1.29 is 0 Å². The van der Waals surface area contributed by atoms with E-state index in [1.54, 1.807) is 0 Å². The molecule has 0 spiro atoms. The number of thiocyanates is 1. The van der Waals surface area contributed by atoms with Gasteiger partial charge in [0.15, 0.2) is 0 Å². The van der Waals surface area contributed by atoms with Crippen LogP contribution in [0.2, 0.25) is 0 Å². The van der Waals surface area contributed by atoms with Crippen LogP contribution < -0.4 is 0 Å². The quantitative estimate of drug-likeness (QED) is 0.357. The van der Waals surface area contributed by atoms with Crippen LogP contribution in [-0.4, -0.2) is 24.5 Å². The van der Waals surface area contributed by atoms with Gasteiger partial charge in [0.2, 0.25) is 0 Å². The maximum atomic E-state index is 7.18. The van der Waals surface area contributed by atoms with Gasteiger partial charge in [-0.3, -0.25) is 0 Å². The van der Waals surface area contributed by atoms with Crippen LogP contribution in [0.3, 0.4) is 0 Å². The van der Waals surface area contributed by atoms with Gasteiger partial charge >= 0.3 is 0 Å². The maximum absolute atomic E-state index is 7.18. The van der Waals surface area contributed by atoms with Crippen LogP contribution in [0.5, 0.6) is 0 Å². The van der Waals surface area contributed by atoms with E-state index < -0.39 is 0 Å². The zero-order chi connectivity index (χ0) is 15.1. The van der Waals surface area contributed by atoms with Gasteiger partial charge in [-0.05, 0) is 38.3 Å². The van der Waals surface area contributed by atoms with Crippen molar-refractivity contribution in [3.8, 4) is 5.40 Å². The predicted octanol–water partition coefficient (Wildman–Crippen LogP) is 5.26. The Morgan fingerprint density at radius 2 is 1.65 bits per heavy atom. The van der Waals surface area contributed by atoms with Crippen molar-refractivity contribution in [2.45, 2.75) is 78.1 Å². The molecule has 1 heterocycles. The molecular weight excluding hydrogens is 264 g/mol. The Hall–Kier alpha value is -0.200. The highest BCUT2D eigenvalue weighted by atomic mass is 32.1. The molecule has 1 atom stereocenters. The SMILES string of the molecule is CCCCCCCCCCN1CCCC(C)C1.N#CS. The molecule has 0 aromatic rings. The highest BCUT2D eigenvalue weighted by Crippen LogP contribution is 2.16. The Labute approximate surface area is 132 Å². The number of nitriles is 1. The molecule has 1 saturated heterocycles. The smallest absolute Gasteiger partial charge is 0.130 e. The van der Waals surface area contributed by atoms with Crippen LogP contribution in [-0.2, 0) is 0 Å². The van der Waals surface area contributed by atoms with E-state index in [0.717, 1.165) is 5.92 Å². The zero-order valence-electron chi connectivity index (χ0n) is 13.6. The second-order valence-corrected chi connectivity index (χ2v) is 6.32. The average Bonchev–Trinajstić information content (AvgIpc) is 2.43. The highest BCUT2D eigenvalue weighted by Gasteiger charge is 2.14. The molecule has 0 bridgehead atoms. The standard InChI is InChI=1S/C16H33N.CHNS/c1-3-4-5-6-7-8-9-10-13-17-14-11-12-16(2)15-17;2-1-3/h16H,3-15H2,1-2H3;3H. The fourth-order valence-corrected chi connectivity index (χ4v) is 2.96. The van der Waals surface area contributed by atoms with E-state index in [4.69, 9.17) is 5.26 Å². The number of piperidine rings is 1. The van der Waals surface area contributed by atoms with Crippen molar-refractivity contribution in [3.05, 3.63) is 0 Å². The van der Waals surface area contributed by atoms with Crippen LogP contribution in [0.15, 0.2) is 0 Å². The summed E-state index contributed by atoms with van der Waals surface area (Å²) in [6.07, 6.45) is 14.4. The van der Waals surface area contributed by atoms with Crippen molar-refractivity contribution in [1.29, 1.82) is 5.26 Å². The van der Waals surface area contributed by atoms with Crippen molar-refractivity contribution in [2.75, 3.05) is 19.6 Å². The maximum Gasteiger partial charge on any atom is 0.130 e. The molecule has 1 aliphatic heterocycles. The lowest BCUT2D eigenvalue weighted by atomic mass is 10.00. The molecule has 1 aliphatic rings. The van der Waals surface area contributed by atoms with E-state index >= 15 is 0 Å². The molecule has 0 aromatic heterocycles. The van der Waals surface area contributed by atoms with Crippen LogP contribution in [0.1, 0.15) is 78.1 Å². The van der Waals surface area contributed by atoms with Crippen LogP contribution in [0.4, 0.5) is 0 Å². The van der Waals surface area contributed by atoms with E-state index in [0.29, 0.717) is 0 Å². The van der Waals surface area contributed by atoms with Crippen LogP contribution in [0, 0.1) is 16.6 Å². The van der Waals surface area contributed by atoms with Crippen molar-refractivity contribution in [2.24, 2.45) is 5.92 Å². The summed E-state index contributed by atoms with van der Waals surface area (Å²) in [7, 11) is 0. The minimum absolute atomic E-state index is 0.942. The van der Waals surface area contributed by atoms with Gasteiger partial charge < -0.3 is 4.90 Å². The largest absolute Gasteiger partial charge is 0.303 e. The molecule has 0 aromatic carbocycles. The first-order valence-electron chi connectivity index (χ1n) is 8.50. The van der Waals surface area contributed by atoms with Gasteiger partial charge in [-0.25, -0.2) is 0 Å². The number of unbranched alkanes of at least 4 members (excludes halogenated alkanes) is 7. The summed E-state index contributed by atoms with van der Waals surface area (Å²) < 4.78 is 0. The fourth-order valence-electron chi connectivity index (χ4n) is 2.96. The van der Waals surface area contributed by atoms with Gasteiger partial charge in [0, 0.05) is 6.54 Å². The third-order valence-corrected chi connectivity index (χ3v) is 4.07. The molecule has 0 amide bonds. The number of nitrogens with zero attached hydrogens (tertiary/aromatic N) is 2. The van der Waals surface area contributed by atoms with E-state index in [1.807, 2.05) is 0 Å². The van der Waals surface area contributed by atoms with Gasteiger partial charge in [-0.15, -0.1) is 0 Å². The number of hydrogen-bond acceptors (Lipinski definition) is 3. The molecule has 20 heavy (non-hydrogen) atoms. The summed E-state index contributed by atoms with van der Waals surface area (Å²) in [5, 5.41) is 8.63. The van der Waals surface area contributed by atoms with Gasteiger partial charge in [0.25, 0.3) is 0 Å². The molecule has 118 valence electrons. The lowest BCUT2D eigenvalue weighted by Gasteiger charge is -2.30. The number of rotatable bonds is 9. The lowest BCUT2D eigenvalue weighted by molar-refractivity contribution is 0.180. The summed E-state index contributed by atoms with van der Waals surface area (Å²) in [6.45, 7) is 8.77. The first-order valence-corrected chi connectivity index (χ1v) is 8.94. The van der Waals surface area contributed by atoms with Gasteiger partial charge in [-0.2, -0.15) is 5.26 Å². The molecule has 0 saturated carbocycles. The van der Waals surface area contributed by atoms with Gasteiger partial charge in [0.1, 0.15) is 5.40 Å². The summed E-state index contributed by atoms with van der Waals surface area (Å²) in [4.78, 5) is 2.69. The number of thiol groups is 1. The monoisotopic (exact) mass is 298 g/mol. The van der Waals surface area contributed by atoms with Crippen molar-refractivity contribution in [1.82, 2.24) is 4.90 Å². The molecule has 3 heteroatoms. The third kappa shape index (κ3) is 12.8. The molecule has 1 fully saturated rings.